The van der Waals surface area contributed by atoms with Gasteiger partial charge in [-0.05, 0) is 37.8 Å². The molecule has 0 rings (SSSR count). The summed E-state index contributed by atoms with van der Waals surface area (Å²) in [6.07, 6.45) is 2.61. The predicted molar refractivity (Wildman–Crippen MR) is 69.1 cm³/mol. The van der Waals surface area contributed by atoms with Gasteiger partial charge in [0.05, 0.1) is 0 Å². The molecule has 0 heterocycles. The number of hydrogen-bond acceptors (Lipinski definition) is 1. The Hall–Kier alpha value is 0.440. The van der Waals surface area contributed by atoms with Gasteiger partial charge in [-0.1, -0.05) is 43.6 Å². The summed E-state index contributed by atoms with van der Waals surface area (Å²) in [5, 5.41) is 1.14. The maximum absolute atomic E-state index is 3.49. The van der Waals surface area contributed by atoms with E-state index in [9.17, 15) is 0 Å². The largest absolute Gasteiger partial charge is 0.306 e. The first-order valence-electron chi connectivity index (χ1n) is 5.59. The molecule has 0 aliphatic heterocycles. The van der Waals surface area contributed by atoms with E-state index in [2.05, 4.69) is 55.6 Å². The molecule has 0 bridgehead atoms. The molecule has 86 valence electrons. The van der Waals surface area contributed by atoms with Crippen LogP contribution >= 0.6 is 15.9 Å². The summed E-state index contributed by atoms with van der Waals surface area (Å²) in [4.78, 5) is 2.45. The molecule has 0 aromatic carbocycles. The van der Waals surface area contributed by atoms with Crippen LogP contribution in [0.25, 0.3) is 0 Å². The number of nitrogens with zero attached hydrogens (tertiary/aromatic N) is 1. The zero-order valence-electron chi connectivity index (χ0n) is 10.4. The van der Waals surface area contributed by atoms with E-state index in [1.165, 1.54) is 25.9 Å². The highest BCUT2D eigenvalue weighted by molar-refractivity contribution is 9.09. The summed E-state index contributed by atoms with van der Waals surface area (Å²) in [6.45, 7) is 11.6. The average molecular weight is 264 g/mol. The lowest BCUT2D eigenvalue weighted by atomic mass is 9.96. The van der Waals surface area contributed by atoms with Crippen LogP contribution in [-0.2, 0) is 0 Å². The minimum Gasteiger partial charge on any atom is -0.306 e. The molecule has 0 spiro atoms. The van der Waals surface area contributed by atoms with Crippen molar-refractivity contribution < 1.29 is 0 Å². The van der Waals surface area contributed by atoms with Gasteiger partial charge in [0, 0.05) is 11.9 Å². The van der Waals surface area contributed by atoms with Crippen LogP contribution in [0.3, 0.4) is 0 Å². The standard InChI is InChI=1S/C12H26BrN/c1-11(6-8-13)7-9-14(5)10-12(2,3)4/h11H,6-10H2,1-5H3. The molecule has 0 saturated heterocycles. The van der Waals surface area contributed by atoms with Crippen LogP contribution in [0.1, 0.15) is 40.5 Å². The molecule has 0 saturated carbocycles. The fourth-order valence-electron chi connectivity index (χ4n) is 1.66. The van der Waals surface area contributed by atoms with E-state index in [1.54, 1.807) is 0 Å². The molecule has 0 N–H and O–H groups in total. The van der Waals surface area contributed by atoms with Gasteiger partial charge in [0.1, 0.15) is 0 Å². The van der Waals surface area contributed by atoms with Gasteiger partial charge >= 0.3 is 0 Å². The zero-order valence-corrected chi connectivity index (χ0v) is 12.0. The molecule has 0 aliphatic rings. The van der Waals surface area contributed by atoms with Crippen molar-refractivity contribution in [2.24, 2.45) is 11.3 Å². The highest BCUT2D eigenvalue weighted by Gasteiger charge is 2.13. The average Bonchev–Trinajstić information content (AvgIpc) is 1.98. The van der Waals surface area contributed by atoms with Crippen molar-refractivity contribution in [2.45, 2.75) is 40.5 Å². The Balaban J connectivity index is 3.58. The van der Waals surface area contributed by atoms with Crippen LogP contribution in [0.4, 0.5) is 0 Å². The number of rotatable bonds is 6. The van der Waals surface area contributed by atoms with E-state index < -0.39 is 0 Å². The van der Waals surface area contributed by atoms with Crippen molar-refractivity contribution in [2.75, 3.05) is 25.5 Å². The van der Waals surface area contributed by atoms with Crippen molar-refractivity contribution in [3.63, 3.8) is 0 Å². The smallest absolute Gasteiger partial charge is 0.00338 e. The van der Waals surface area contributed by atoms with Crippen LogP contribution in [0, 0.1) is 11.3 Å². The molecule has 0 aromatic heterocycles. The van der Waals surface area contributed by atoms with Crippen molar-refractivity contribution in [1.29, 1.82) is 0 Å². The van der Waals surface area contributed by atoms with Crippen LogP contribution in [-0.4, -0.2) is 30.4 Å². The van der Waals surface area contributed by atoms with E-state index in [0.29, 0.717) is 5.41 Å². The fourth-order valence-corrected chi connectivity index (χ4v) is 2.44. The Morgan fingerprint density at radius 3 is 2.21 bits per heavy atom. The Bertz CT molecular complexity index is 140. The maximum Gasteiger partial charge on any atom is 0.00338 e. The van der Waals surface area contributed by atoms with Gasteiger partial charge in [-0.2, -0.15) is 0 Å². The minimum atomic E-state index is 0.424. The van der Waals surface area contributed by atoms with Gasteiger partial charge in [0.2, 0.25) is 0 Å². The second-order valence-electron chi connectivity index (χ2n) is 5.67. The zero-order chi connectivity index (χ0) is 11.2. The van der Waals surface area contributed by atoms with Crippen molar-refractivity contribution in [3.05, 3.63) is 0 Å². The van der Waals surface area contributed by atoms with Gasteiger partial charge in [-0.3, -0.25) is 0 Å². The molecule has 0 aliphatic carbocycles. The maximum atomic E-state index is 3.49. The fraction of sp³-hybridized carbons (Fsp3) is 1.00. The molecule has 0 radical (unpaired) electrons. The number of alkyl halides is 1. The Morgan fingerprint density at radius 1 is 1.21 bits per heavy atom. The number of halogens is 1. The topological polar surface area (TPSA) is 3.24 Å². The molecular weight excluding hydrogens is 238 g/mol. The Kier molecular flexibility index (Phi) is 7.05. The van der Waals surface area contributed by atoms with E-state index in [0.717, 1.165) is 11.2 Å². The van der Waals surface area contributed by atoms with Crippen LogP contribution in [0.5, 0.6) is 0 Å². The lowest BCUT2D eigenvalue weighted by Crippen LogP contribution is -2.30. The first-order valence-corrected chi connectivity index (χ1v) is 6.72. The van der Waals surface area contributed by atoms with Gasteiger partial charge in [-0.15, -0.1) is 0 Å². The summed E-state index contributed by atoms with van der Waals surface area (Å²) >= 11 is 3.49. The number of hydrogen-bond donors (Lipinski definition) is 0. The van der Waals surface area contributed by atoms with Crippen molar-refractivity contribution in [3.8, 4) is 0 Å². The summed E-state index contributed by atoms with van der Waals surface area (Å²) < 4.78 is 0. The molecule has 1 unspecified atom stereocenters. The van der Waals surface area contributed by atoms with Gasteiger partial charge in [0.15, 0.2) is 0 Å². The first-order chi connectivity index (χ1) is 6.35. The van der Waals surface area contributed by atoms with Crippen molar-refractivity contribution >= 4 is 15.9 Å². The van der Waals surface area contributed by atoms with Crippen LogP contribution in [0.15, 0.2) is 0 Å². The van der Waals surface area contributed by atoms with E-state index in [1.807, 2.05) is 0 Å². The molecule has 2 heteroatoms. The first kappa shape index (κ1) is 14.4. The van der Waals surface area contributed by atoms with E-state index in [4.69, 9.17) is 0 Å². The minimum absolute atomic E-state index is 0.424. The van der Waals surface area contributed by atoms with E-state index in [-0.39, 0.29) is 0 Å². The van der Waals surface area contributed by atoms with Crippen molar-refractivity contribution in [1.82, 2.24) is 4.90 Å². The Labute approximate surface area is 98.4 Å². The second kappa shape index (κ2) is 6.84. The third kappa shape index (κ3) is 9.01. The molecule has 0 fully saturated rings. The molecule has 0 aromatic rings. The molecule has 1 atom stereocenters. The summed E-state index contributed by atoms with van der Waals surface area (Å²) in [7, 11) is 2.23. The lowest BCUT2D eigenvalue weighted by molar-refractivity contribution is 0.215. The quantitative estimate of drug-likeness (QED) is 0.660. The summed E-state index contributed by atoms with van der Waals surface area (Å²) in [5.74, 6) is 0.844. The molecule has 0 amide bonds. The lowest BCUT2D eigenvalue weighted by Gasteiger charge is -2.27. The summed E-state index contributed by atoms with van der Waals surface area (Å²) in [5.41, 5.74) is 0.424. The monoisotopic (exact) mass is 263 g/mol. The highest BCUT2D eigenvalue weighted by Crippen LogP contribution is 2.15. The third-order valence-corrected chi connectivity index (χ3v) is 2.81. The van der Waals surface area contributed by atoms with Gasteiger partial charge in [-0.25, -0.2) is 0 Å². The Morgan fingerprint density at radius 2 is 1.79 bits per heavy atom. The predicted octanol–water partition coefficient (Wildman–Crippen LogP) is 3.78. The SMILES string of the molecule is CC(CCBr)CCN(C)CC(C)(C)C. The van der Waals surface area contributed by atoms with Crippen LogP contribution in [0.2, 0.25) is 0 Å². The second-order valence-corrected chi connectivity index (χ2v) is 6.46. The van der Waals surface area contributed by atoms with Gasteiger partial charge < -0.3 is 4.90 Å². The summed E-state index contributed by atoms with van der Waals surface area (Å²) in [6, 6.07) is 0. The molecule has 1 nitrogen and oxygen atoms in total. The van der Waals surface area contributed by atoms with E-state index >= 15 is 0 Å². The normalized spacial score (nSPS) is 14.8. The molecular formula is C12H26BrN. The van der Waals surface area contributed by atoms with Gasteiger partial charge in [0.25, 0.3) is 0 Å². The van der Waals surface area contributed by atoms with Crippen LogP contribution < -0.4 is 0 Å². The highest BCUT2D eigenvalue weighted by atomic mass is 79.9. The third-order valence-electron chi connectivity index (χ3n) is 2.35. The molecule has 14 heavy (non-hydrogen) atoms.